The quantitative estimate of drug-likeness (QED) is 0.110. The van der Waals surface area contributed by atoms with Gasteiger partial charge in [-0.2, -0.15) is 0 Å². The Morgan fingerprint density at radius 3 is 2.00 bits per heavy atom. The van der Waals surface area contributed by atoms with Crippen molar-refractivity contribution >= 4 is 34.6 Å². The van der Waals surface area contributed by atoms with E-state index in [9.17, 15) is 0 Å². The number of hydrogen-bond acceptors (Lipinski definition) is 4. The van der Waals surface area contributed by atoms with Crippen LogP contribution in [0.15, 0.2) is 123 Å². The fraction of sp³-hybridized carbons (Fsp3) is 0.0714. The fourth-order valence-electron chi connectivity index (χ4n) is 3.30. The molecule has 0 amide bonds. The van der Waals surface area contributed by atoms with Crippen molar-refractivity contribution in [2.45, 2.75) is 13.1 Å². The maximum absolute atomic E-state index is 6.17. The predicted octanol–water partition coefficient (Wildman–Crippen LogP) is 6.26. The summed E-state index contributed by atoms with van der Waals surface area (Å²) in [5.41, 5.74) is 20.4. The number of halogens is 1. The van der Waals surface area contributed by atoms with Crippen LogP contribution in [0.1, 0.15) is 22.3 Å². The van der Waals surface area contributed by atoms with Crippen molar-refractivity contribution in [3.63, 3.8) is 0 Å². The second-order valence-electron chi connectivity index (χ2n) is 7.95. The van der Waals surface area contributed by atoms with Crippen molar-refractivity contribution in [2.24, 2.45) is 31.8 Å². The average molecular weight is 496 g/mol. The third-order valence-electron chi connectivity index (χ3n) is 5.29. The highest BCUT2D eigenvalue weighted by atomic mass is 35.5. The van der Waals surface area contributed by atoms with Gasteiger partial charge in [0.15, 0.2) is 0 Å². The van der Waals surface area contributed by atoms with Gasteiger partial charge in [0.25, 0.3) is 0 Å². The third-order valence-corrected chi connectivity index (χ3v) is 5.54. The zero-order valence-corrected chi connectivity index (χ0v) is 20.3. The lowest BCUT2D eigenvalue weighted by atomic mass is 10.2. The Kier molecular flexibility index (Phi) is 8.40. The molecule has 0 aliphatic carbocycles. The molecule has 0 atom stereocenters. The minimum atomic E-state index is 0.454. The van der Waals surface area contributed by atoms with Crippen LogP contribution in [0, 0.1) is 0 Å². The molecule has 0 fully saturated rings. The van der Waals surface area contributed by atoms with E-state index in [-0.39, 0.29) is 0 Å². The third kappa shape index (κ3) is 7.25. The molecule has 0 bridgehead atoms. The number of benzene rings is 4. The van der Waals surface area contributed by atoms with Crippen molar-refractivity contribution in [3.05, 3.63) is 130 Å². The first-order valence-electron chi connectivity index (χ1n) is 11.3. The van der Waals surface area contributed by atoms with Crippen LogP contribution in [0.4, 0.5) is 11.4 Å². The SMILES string of the molecule is NC(=NCc1ccc(Cl)cc1)c1ccc(N=NNc2cccc(C(N)=NCc3ccccc3)c2)cc1. The summed E-state index contributed by atoms with van der Waals surface area (Å²) in [5.74, 6) is 0.917. The fourth-order valence-corrected chi connectivity index (χ4v) is 3.42. The molecule has 0 unspecified atom stereocenters. The van der Waals surface area contributed by atoms with Gasteiger partial charge in [0.05, 0.1) is 24.5 Å². The first-order chi connectivity index (χ1) is 17.6. The van der Waals surface area contributed by atoms with E-state index >= 15 is 0 Å². The van der Waals surface area contributed by atoms with Gasteiger partial charge >= 0.3 is 0 Å². The Bertz CT molecular complexity index is 1360. The lowest BCUT2D eigenvalue weighted by Crippen LogP contribution is -2.13. The number of hydrogen-bond donors (Lipinski definition) is 3. The summed E-state index contributed by atoms with van der Waals surface area (Å²) in [6.45, 7) is 1.01. The Morgan fingerprint density at radius 1 is 0.667 bits per heavy atom. The van der Waals surface area contributed by atoms with E-state index in [4.69, 9.17) is 23.1 Å². The molecule has 7 nitrogen and oxygen atoms in total. The molecule has 5 N–H and O–H groups in total. The van der Waals surface area contributed by atoms with E-state index in [0.717, 1.165) is 27.9 Å². The predicted molar refractivity (Wildman–Crippen MR) is 148 cm³/mol. The smallest absolute Gasteiger partial charge is 0.126 e. The molecule has 0 aromatic heterocycles. The van der Waals surface area contributed by atoms with Crippen molar-refractivity contribution in [2.75, 3.05) is 5.43 Å². The standard InChI is InChI=1S/C28H26ClN7/c29-24-13-9-21(10-14-24)19-32-27(30)22-11-15-25(16-12-22)34-36-35-26-8-4-7-23(17-26)28(31)33-18-20-5-2-1-3-6-20/h1-17H,18-19H2,(H2,30,32)(H2,31,33)(H,34,35). The molecule has 4 aromatic rings. The van der Waals surface area contributed by atoms with Gasteiger partial charge in [-0.05, 0) is 59.7 Å². The van der Waals surface area contributed by atoms with Gasteiger partial charge in [0.2, 0.25) is 0 Å². The zero-order chi connectivity index (χ0) is 25.2. The van der Waals surface area contributed by atoms with Crippen molar-refractivity contribution in [1.29, 1.82) is 0 Å². The molecule has 8 heteroatoms. The number of aliphatic imine (C=N–C) groups is 2. The van der Waals surface area contributed by atoms with Crippen LogP contribution in [0.5, 0.6) is 0 Å². The number of nitrogens with two attached hydrogens (primary N) is 2. The van der Waals surface area contributed by atoms with Crippen LogP contribution in [0.25, 0.3) is 0 Å². The first-order valence-corrected chi connectivity index (χ1v) is 11.7. The van der Waals surface area contributed by atoms with Crippen LogP contribution >= 0.6 is 11.6 Å². The second-order valence-corrected chi connectivity index (χ2v) is 8.39. The number of anilines is 1. The van der Waals surface area contributed by atoms with Crippen LogP contribution in [-0.2, 0) is 13.1 Å². The normalized spacial score (nSPS) is 12.1. The first kappa shape index (κ1) is 24.6. The van der Waals surface area contributed by atoms with E-state index in [1.807, 2.05) is 103 Å². The van der Waals surface area contributed by atoms with E-state index in [1.54, 1.807) is 0 Å². The van der Waals surface area contributed by atoms with E-state index < -0.39 is 0 Å². The van der Waals surface area contributed by atoms with Gasteiger partial charge in [0, 0.05) is 16.1 Å². The molecule has 0 aliphatic heterocycles. The Morgan fingerprint density at radius 2 is 1.31 bits per heavy atom. The number of amidine groups is 2. The molecule has 36 heavy (non-hydrogen) atoms. The molecule has 0 spiro atoms. The molecule has 0 radical (unpaired) electrons. The van der Waals surface area contributed by atoms with Crippen LogP contribution in [-0.4, -0.2) is 11.7 Å². The average Bonchev–Trinajstić information content (AvgIpc) is 2.92. The van der Waals surface area contributed by atoms with Crippen molar-refractivity contribution in [3.8, 4) is 0 Å². The molecule has 4 rings (SSSR count). The van der Waals surface area contributed by atoms with Gasteiger partial charge in [0.1, 0.15) is 11.7 Å². The molecule has 0 saturated carbocycles. The molecule has 180 valence electrons. The molecule has 4 aromatic carbocycles. The molecule has 0 heterocycles. The Labute approximate surface area is 215 Å². The van der Waals surface area contributed by atoms with Crippen LogP contribution in [0.3, 0.4) is 0 Å². The maximum Gasteiger partial charge on any atom is 0.126 e. The van der Waals surface area contributed by atoms with Crippen LogP contribution in [0.2, 0.25) is 5.02 Å². The van der Waals surface area contributed by atoms with Gasteiger partial charge in [-0.15, -0.1) is 5.11 Å². The number of nitrogens with one attached hydrogen (secondary N) is 1. The molecule has 0 saturated heterocycles. The number of rotatable bonds is 9. The van der Waals surface area contributed by atoms with Gasteiger partial charge in [-0.25, -0.2) is 0 Å². The van der Waals surface area contributed by atoms with Crippen molar-refractivity contribution < 1.29 is 0 Å². The lowest BCUT2D eigenvalue weighted by molar-refractivity contribution is 1.06. The minimum Gasteiger partial charge on any atom is -0.383 e. The summed E-state index contributed by atoms with van der Waals surface area (Å²) in [6, 6.07) is 32.4. The summed E-state index contributed by atoms with van der Waals surface area (Å²) < 4.78 is 0. The van der Waals surface area contributed by atoms with E-state index in [2.05, 4.69) is 25.7 Å². The van der Waals surface area contributed by atoms with E-state index in [0.29, 0.717) is 35.5 Å². The lowest BCUT2D eigenvalue weighted by Gasteiger charge is -2.05. The Balaban J connectivity index is 1.33. The van der Waals surface area contributed by atoms with Gasteiger partial charge in [-0.1, -0.05) is 71.4 Å². The zero-order valence-electron chi connectivity index (χ0n) is 19.6. The summed E-state index contributed by atoms with van der Waals surface area (Å²) in [5, 5.41) is 8.99. The Hall–Kier alpha value is -4.49. The van der Waals surface area contributed by atoms with Crippen molar-refractivity contribution in [1.82, 2.24) is 0 Å². The summed E-state index contributed by atoms with van der Waals surface area (Å²) in [6.07, 6.45) is 0. The molecule has 0 aliphatic rings. The van der Waals surface area contributed by atoms with Gasteiger partial charge < -0.3 is 11.5 Å². The minimum absolute atomic E-state index is 0.454. The topological polar surface area (TPSA) is 114 Å². The van der Waals surface area contributed by atoms with E-state index in [1.165, 1.54) is 0 Å². The molecular weight excluding hydrogens is 470 g/mol. The second kappa shape index (κ2) is 12.3. The number of nitrogens with zero attached hydrogens (tertiary/aromatic N) is 4. The maximum atomic E-state index is 6.17. The highest BCUT2D eigenvalue weighted by Crippen LogP contribution is 2.16. The highest BCUT2D eigenvalue weighted by molar-refractivity contribution is 6.30. The van der Waals surface area contributed by atoms with Crippen LogP contribution < -0.4 is 16.9 Å². The monoisotopic (exact) mass is 495 g/mol. The molecular formula is C28H26ClN7. The highest BCUT2D eigenvalue weighted by Gasteiger charge is 2.02. The largest absolute Gasteiger partial charge is 0.383 e. The summed E-state index contributed by atoms with van der Waals surface area (Å²) in [7, 11) is 0. The summed E-state index contributed by atoms with van der Waals surface area (Å²) in [4.78, 5) is 8.92. The van der Waals surface area contributed by atoms with Gasteiger partial charge in [-0.3, -0.25) is 15.4 Å². The summed E-state index contributed by atoms with van der Waals surface area (Å²) >= 11 is 5.92.